The first-order valence-electron chi connectivity index (χ1n) is 10.5. The average molecular weight is 561 g/mol. The molecule has 1 unspecified atom stereocenters. The number of halogens is 4. The molecule has 1 saturated heterocycles. The number of carbonyl (C=O) groups excluding carboxylic acids is 1. The van der Waals surface area contributed by atoms with E-state index in [1.165, 1.54) is 16.9 Å². The summed E-state index contributed by atoms with van der Waals surface area (Å²) in [5.41, 5.74) is -2.32. The van der Waals surface area contributed by atoms with Crippen molar-refractivity contribution in [3.8, 4) is 0 Å². The van der Waals surface area contributed by atoms with Crippen molar-refractivity contribution in [3.05, 3.63) is 51.5 Å². The molecule has 8 nitrogen and oxygen atoms in total. The van der Waals surface area contributed by atoms with Crippen LogP contribution in [0.4, 0.5) is 18.9 Å². The molecule has 3 heterocycles. The molecule has 0 radical (unpaired) electrons. The summed E-state index contributed by atoms with van der Waals surface area (Å²) in [6.45, 7) is 2.05. The molecule has 0 amide bonds. The van der Waals surface area contributed by atoms with E-state index < -0.39 is 56.5 Å². The number of hydrogen-bond acceptors (Lipinski definition) is 6. The Hall–Kier alpha value is -2.51. The van der Waals surface area contributed by atoms with Crippen molar-refractivity contribution >= 4 is 48.5 Å². The number of benzene rings is 1. The summed E-state index contributed by atoms with van der Waals surface area (Å²) in [6.07, 6.45) is 3.46. The number of sulfonamides is 1. The lowest BCUT2D eigenvalue weighted by Gasteiger charge is -2.22. The minimum Gasteiger partial charge on any atom is -0.356 e. The van der Waals surface area contributed by atoms with Gasteiger partial charge in [0.25, 0.3) is 0 Å². The van der Waals surface area contributed by atoms with E-state index in [0.29, 0.717) is 17.5 Å². The van der Waals surface area contributed by atoms with E-state index in [2.05, 4.69) is 26.0 Å². The fourth-order valence-corrected chi connectivity index (χ4v) is 5.24. The summed E-state index contributed by atoms with van der Waals surface area (Å²) in [4.78, 5) is 17.6. The normalized spacial score (nSPS) is 16.7. The van der Waals surface area contributed by atoms with E-state index >= 15 is 4.39 Å². The van der Waals surface area contributed by atoms with Gasteiger partial charge in [0.15, 0.2) is 23.5 Å². The van der Waals surface area contributed by atoms with Gasteiger partial charge in [0.2, 0.25) is 15.8 Å². The highest BCUT2D eigenvalue weighted by atomic mass is 79.9. The van der Waals surface area contributed by atoms with E-state index in [-0.39, 0.29) is 29.2 Å². The highest BCUT2D eigenvalue weighted by Crippen LogP contribution is 2.32. The third kappa shape index (κ3) is 4.68. The molecular weight excluding hydrogens is 541 g/mol. The Bertz CT molecular complexity index is 1370. The van der Waals surface area contributed by atoms with Crippen LogP contribution in [-0.4, -0.2) is 41.3 Å². The topological polar surface area (TPSA) is 103 Å². The van der Waals surface area contributed by atoms with E-state index in [4.69, 9.17) is 4.74 Å². The molecule has 0 spiro atoms. The van der Waals surface area contributed by atoms with Crippen molar-refractivity contribution in [2.75, 3.05) is 17.1 Å². The van der Waals surface area contributed by atoms with Gasteiger partial charge in [-0.15, -0.1) is 0 Å². The highest BCUT2D eigenvalue weighted by molar-refractivity contribution is 9.10. The number of pyridine rings is 1. The zero-order valence-electron chi connectivity index (χ0n) is 17.9. The molecule has 1 aliphatic rings. The van der Waals surface area contributed by atoms with E-state index in [9.17, 15) is 22.0 Å². The van der Waals surface area contributed by atoms with Crippen molar-refractivity contribution in [2.45, 2.75) is 38.8 Å². The number of ketones is 1. The Labute approximate surface area is 201 Å². The highest BCUT2D eigenvalue weighted by Gasteiger charge is 2.31. The molecule has 13 heteroatoms. The lowest BCUT2D eigenvalue weighted by atomic mass is 10.0. The SMILES string of the molecule is CCCS(=O)(=O)Nc1c(F)cc(F)c(C(=O)c2nn(C3CCCCO3)c3ncc(Br)cc23)c1F. The van der Waals surface area contributed by atoms with E-state index in [0.717, 1.165) is 12.8 Å². The minimum absolute atomic E-state index is 0.181. The van der Waals surface area contributed by atoms with Gasteiger partial charge in [-0.3, -0.25) is 9.52 Å². The minimum atomic E-state index is -4.12. The van der Waals surface area contributed by atoms with Crippen molar-refractivity contribution in [1.29, 1.82) is 0 Å². The van der Waals surface area contributed by atoms with Crippen LogP contribution in [0.15, 0.2) is 22.8 Å². The predicted molar refractivity (Wildman–Crippen MR) is 122 cm³/mol. The second-order valence-corrected chi connectivity index (χ2v) is 10.6. The van der Waals surface area contributed by atoms with Gasteiger partial charge in [-0.05, 0) is 47.7 Å². The van der Waals surface area contributed by atoms with Crippen LogP contribution in [0.5, 0.6) is 0 Å². The number of nitrogens with one attached hydrogen (secondary N) is 1. The number of aromatic nitrogens is 3. The maximum atomic E-state index is 15.2. The smallest absolute Gasteiger partial charge is 0.232 e. The Morgan fingerprint density at radius 1 is 1.26 bits per heavy atom. The summed E-state index contributed by atoms with van der Waals surface area (Å²) in [5, 5.41) is 4.46. The maximum Gasteiger partial charge on any atom is 0.232 e. The van der Waals surface area contributed by atoms with Crippen LogP contribution >= 0.6 is 15.9 Å². The van der Waals surface area contributed by atoms with Gasteiger partial charge in [-0.25, -0.2) is 31.3 Å². The fraction of sp³-hybridized carbons (Fsp3) is 0.381. The van der Waals surface area contributed by atoms with Crippen molar-refractivity contribution in [2.24, 2.45) is 0 Å². The largest absolute Gasteiger partial charge is 0.356 e. The molecule has 0 saturated carbocycles. The van der Waals surface area contributed by atoms with Crippen molar-refractivity contribution in [3.63, 3.8) is 0 Å². The second kappa shape index (κ2) is 9.62. The molecule has 1 N–H and O–H groups in total. The molecule has 182 valence electrons. The van der Waals surface area contributed by atoms with Crippen LogP contribution in [0.2, 0.25) is 0 Å². The van der Waals surface area contributed by atoms with E-state index in [1.807, 2.05) is 0 Å². The first-order chi connectivity index (χ1) is 16.1. The van der Waals surface area contributed by atoms with Crippen LogP contribution in [0.25, 0.3) is 11.0 Å². The Balaban J connectivity index is 1.85. The fourth-order valence-electron chi connectivity index (χ4n) is 3.77. The Kier molecular flexibility index (Phi) is 6.97. The number of nitrogens with zero attached hydrogens (tertiary/aromatic N) is 3. The zero-order valence-corrected chi connectivity index (χ0v) is 20.3. The van der Waals surface area contributed by atoms with Gasteiger partial charge in [0.1, 0.15) is 17.2 Å². The number of ether oxygens (including phenoxy) is 1. The van der Waals surface area contributed by atoms with Gasteiger partial charge in [0.05, 0.1) is 16.7 Å². The molecule has 2 aromatic heterocycles. The number of rotatable bonds is 7. The molecule has 0 aliphatic carbocycles. The van der Waals surface area contributed by atoms with Gasteiger partial charge in [-0.2, -0.15) is 5.10 Å². The Morgan fingerprint density at radius 2 is 2.03 bits per heavy atom. The maximum absolute atomic E-state index is 15.2. The van der Waals surface area contributed by atoms with Gasteiger partial charge in [0, 0.05) is 23.3 Å². The third-order valence-corrected chi connectivity index (χ3v) is 7.18. The second-order valence-electron chi connectivity index (χ2n) is 7.79. The van der Waals surface area contributed by atoms with Crippen molar-refractivity contribution in [1.82, 2.24) is 14.8 Å². The quantitative estimate of drug-likeness (QED) is 0.420. The summed E-state index contributed by atoms with van der Waals surface area (Å²) in [6, 6.07) is 1.78. The number of hydrogen-bond donors (Lipinski definition) is 1. The number of carbonyl (C=O) groups is 1. The molecule has 34 heavy (non-hydrogen) atoms. The molecule has 1 aliphatic heterocycles. The lowest BCUT2D eigenvalue weighted by molar-refractivity contribution is -0.0371. The van der Waals surface area contributed by atoms with Gasteiger partial charge >= 0.3 is 0 Å². The predicted octanol–water partition coefficient (Wildman–Crippen LogP) is 4.69. The van der Waals surface area contributed by atoms with Crippen LogP contribution in [-0.2, 0) is 14.8 Å². The van der Waals surface area contributed by atoms with Crippen LogP contribution in [0.1, 0.15) is 54.9 Å². The number of anilines is 1. The van der Waals surface area contributed by atoms with Gasteiger partial charge < -0.3 is 4.74 Å². The summed E-state index contributed by atoms with van der Waals surface area (Å²) in [5.74, 6) is -6.24. The molecule has 1 atom stereocenters. The van der Waals surface area contributed by atoms with Gasteiger partial charge in [-0.1, -0.05) is 6.92 Å². The molecule has 0 bridgehead atoms. The van der Waals surface area contributed by atoms with Crippen molar-refractivity contribution < 1.29 is 31.1 Å². The summed E-state index contributed by atoms with van der Waals surface area (Å²) >= 11 is 3.26. The first kappa shape index (κ1) is 24.6. The van der Waals surface area contributed by atoms with Crippen LogP contribution in [0.3, 0.4) is 0 Å². The number of fused-ring (bicyclic) bond motifs is 1. The molecule has 1 fully saturated rings. The average Bonchev–Trinajstić information content (AvgIpc) is 3.15. The standard InChI is InChI=1S/C21H20BrF3N4O4S/c1-2-7-34(31,32)28-19-14(24)9-13(23)16(17(19)25)20(30)18-12-8-11(22)10-26-21(12)29(27-18)15-5-3-4-6-33-15/h8-10,15,28H,2-7H2,1H3. The first-order valence-corrected chi connectivity index (χ1v) is 13.0. The summed E-state index contributed by atoms with van der Waals surface area (Å²) in [7, 11) is -4.12. The molecular formula is C21H20BrF3N4O4S. The zero-order chi connectivity index (χ0) is 24.6. The molecule has 1 aromatic carbocycles. The Morgan fingerprint density at radius 3 is 2.71 bits per heavy atom. The molecule has 3 aromatic rings. The lowest BCUT2D eigenvalue weighted by Crippen LogP contribution is -2.21. The van der Waals surface area contributed by atoms with Crippen LogP contribution < -0.4 is 4.72 Å². The summed E-state index contributed by atoms with van der Waals surface area (Å²) < 4.78 is 77.7. The molecule has 4 rings (SSSR count). The monoisotopic (exact) mass is 560 g/mol. The van der Waals surface area contributed by atoms with Crippen LogP contribution in [0, 0.1) is 17.5 Å². The third-order valence-electron chi connectivity index (χ3n) is 5.28. The van der Waals surface area contributed by atoms with E-state index in [1.54, 1.807) is 11.6 Å².